The number of carboxylic acids is 2. The summed E-state index contributed by atoms with van der Waals surface area (Å²) >= 11 is 3.46. The van der Waals surface area contributed by atoms with Crippen LogP contribution in [0.5, 0.6) is 5.75 Å². The van der Waals surface area contributed by atoms with Crippen LogP contribution in [0.4, 0.5) is 0 Å². The zero-order valence-corrected chi connectivity index (χ0v) is 14.5. The first-order valence-electron chi connectivity index (χ1n) is 7.18. The summed E-state index contributed by atoms with van der Waals surface area (Å²) in [6.07, 6.45) is 0. The number of carbonyl (C=O) groups is 2. The van der Waals surface area contributed by atoms with Crippen LogP contribution in [0, 0.1) is 6.92 Å². The molecule has 0 saturated carbocycles. The van der Waals surface area contributed by atoms with Gasteiger partial charge < -0.3 is 20.3 Å². The van der Waals surface area contributed by atoms with Crippen LogP contribution in [0.2, 0.25) is 0 Å². The molecule has 0 unspecified atom stereocenters. The minimum atomic E-state index is -1.82. The Hall–Kier alpha value is -1.64. The van der Waals surface area contributed by atoms with Crippen molar-refractivity contribution in [1.82, 2.24) is 10.2 Å². The van der Waals surface area contributed by atoms with Crippen LogP contribution < -0.4 is 10.1 Å². The molecule has 128 valence electrons. The number of aliphatic carboxylic acids is 2. The summed E-state index contributed by atoms with van der Waals surface area (Å²) in [6, 6.07) is 6.13. The zero-order chi connectivity index (χ0) is 17.2. The van der Waals surface area contributed by atoms with Gasteiger partial charge in [0, 0.05) is 37.2 Å². The summed E-state index contributed by atoms with van der Waals surface area (Å²) in [5, 5.41) is 18.1. The van der Waals surface area contributed by atoms with Gasteiger partial charge in [-0.3, -0.25) is 4.90 Å². The van der Waals surface area contributed by atoms with Crippen molar-refractivity contribution in [2.24, 2.45) is 0 Å². The molecule has 7 nitrogen and oxygen atoms in total. The largest absolute Gasteiger partial charge is 0.492 e. The van der Waals surface area contributed by atoms with E-state index in [1.165, 1.54) is 5.56 Å². The highest BCUT2D eigenvalue weighted by atomic mass is 79.9. The SMILES string of the molecule is Cc1cc(Br)ccc1OCCN1CCNCC1.O=C(O)C(=O)O. The molecule has 23 heavy (non-hydrogen) atoms. The maximum Gasteiger partial charge on any atom is 0.414 e. The Morgan fingerprint density at radius 1 is 1.26 bits per heavy atom. The van der Waals surface area contributed by atoms with Crippen molar-refractivity contribution in [3.63, 3.8) is 0 Å². The van der Waals surface area contributed by atoms with Gasteiger partial charge in [0.25, 0.3) is 0 Å². The molecule has 1 saturated heterocycles. The monoisotopic (exact) mass is 388 g/mol. The lowest BCUT2D eigenvalue weighted by atomic mass is 10.2. The summed E-state index contributed by atoms with van der Waals surface area (Å²) in [7, 11) is 0. The summed E-state index contributed by atoms with van der Waals surface area (Å²) in [5.41, 5.74) is 1.18. The lowest BCUT2D eigenvalue weighted by Gasteiger charge is -2.27. The van der Waals surface area contributed by atoms with Crippen LogP contribution in [0.15, 0.2) is 22.7 Å². The fraction of sp³-hybridized carbons (Fsp3) is 0.467. The average molecular weight is 389 g/mol. The van der Waals surface area contributed by atoms with Gasteiger partial charge in [0.15, 0.2) is 0 Å². The molecule has 0 aliphatic carbocycles. The molecular weight excluding hydrogens is 368 g/mol. The topological polar surface area (TPSA) is 99.1 Å². The quantitative estimate of drug-likeness (QED) is 0.666. The molecule has 3 N–H and O–H groups in total. The number of benzene rings is 1. The first-order valence-corrected chi connectivity index (χ1v) is 7.97. The number of hydrogen-bond acceptors (Lipinski definition) is 5. The Morgan fingerprint density at radius 3 is 2.39 bits per heavy atom. The molecule has 0 atom stereocenters. The number of nitrogens with one attached hydrogen (secondary N) is 1. The Bertz CT molecular complexity index is 521. The third-order valence-electron chi connectivity index (χ3n) is 3.19. The van der Waals surface area contributed by atoms with E-state index in [1.54, 1.807) is 0 Å². The normalized spacial score (nSPS) is 14.5. The lowest BCUT2D eigenvalue weighted by Crippen LogP contribution is -2.44. The smallest absolute Gasteiger partial charge is 0.414 e. The second-order valence-corrected chi connectivity index (χ2v) is 5.88. The van der Waals surface area contributed by atoms with E-state index in [1.807, 2.05) is 12.1 Å². The van der Waals surface area contributed by atoms with E-state index in [4.69, 9.17) is 24.5 Å². The van der Waals surface area contributed by atoms with E-state index < -0.39 is 11.9 Å². The van der Waals surface area contributed by atoms with Gasteiger partial charge in [-0.05, 0) is 30.7 Å². The molecule has 0 bridgehead atoms. The van der Waals surface area contributed by atoms with E-state index in [9.17, 15) is 0 Å². The number of halogens is 1. The molecule has 1 aliphatic rings. The molecule has 0 spiro atoms. The van der Waals surface area contributed by atoms with E-state index in [0.717, 1.165) is 49.6 Å². The Kier molecular flexibility index (Phi) is 8.60. The molecule has 1 aromatic rings. The zero-order valence-electron chi connectivity index (χ0n) is 12.9. The third kappa shape index (κ3) is 7.96. The van der Waals surface area contributed by atoms with Crippen LogP contribution in [-0.2, 0) is 9.59 Å². The fourth-order valence-electron chi connectivity index (χ4n) is 1.99. The fourth-order valence-corrected chi connectivity index (χ4v) is 2.47. The van der Waals surface area contributed by atoms with Gasteiger partial charge >= 0.3 is 11.9 Å². The van der Waals surface area contributed by atoms with Crippen molar-refractivity contribution in [3.8, 4) is 5.75 Å². The van der Waals surface area contributed by atoms with E-state index in [-0.39, 0.29) is 0 Å². The second kappa shape index (κ2) is 10.2. The number of aryl methyl sites for hydroxylation is 1. The lowest BCUT2D eigenvalue weighted by molar-refractivity contribution is -0.159. The van der Waals surface area contributed by atoms with Crippen LogP contribution in [-0.4, -0.2) is 66.4 Å². The first-order chi connectivity index (χ1) is 10.9. The standard InChI is InChI=1S/C13H19BrN2O.C2H2O4/c1-11-10-12(14)2-3-13(11)17-9-8-16-6-4-15-5-7-16;3-1(4)2(5)6/h2-3,10,15H,4-9H2,1H3;(H,3,4)(H,5,6). The van der Waals surface area contributed by atoms with Crippen LogP contribution in [0.3, 0.4) is 0 Å². The minimum absolute atomic E-state index is 0.766. The molecule has 2 rings (SSSR count). The molecule has 1 fully saturated rings. The molecule has 0 amide bonds. The predicted molar refractivity (Wildman–Crippen MR) is 89.0 cm³/mol. The number of ether oxygens (including phenoxy) is 1. The van der Waals surface area contributed by atoms with E-state index in [2.05, 4.69) is 39.1 Å². The molecule has 8 heteroatoms. The molecule has 1 aromatic carbocycles. The van der Waals surface area contributed by atoms with E-state index >= 15 is 0 Å². The van der Waals surface area contributed by atoms with Crippen molar-refractivity contribution < 1.29 is 24.5 Å². The summed E-state index contributed by atoms with van der Waals surface area (Å²) < 4.78 is 6.91. The number of carboxylic acid groups (broad SMARTS) is 2. The maximum absolute atomic E-state index is 9.10. The number of piperazine rings is 1. The number of rotatable bonds is 4. The molecule has 0 aromatic heterocycles. The van der Waals surface area contributed by atoms with Crippen molar-refractivity contribution in [3.05, 3.63) is 28.2 Å². The summed E-state index contributed by atoms with van der Waals surface area (Å²) in [6.45, 7) is 8.30. The van der Waals surface area contributed by atoms with Gasteiger partial charge in [0.2, 0.25) is 0 Å². The van der Waals surface area contributed by atoms with Gasteiger partial charge in [-0.15, -0.1) is 0 Å². The number of nitrogens with zero attached hydrogens (tertiary/aromatic N) is 1. The van der Waals surface area contributed by atoms with Gasteiger partial charge in [-0.2, -0.15) is 0 Å². The summed E-state index contributed by atoms with van der Waals surface area (Å²) in [5.74, 6) is -2.66. The summed E-state index contributed by atoms with van der Waals surface area (Å²) in [4.78, 5) is 20.6. The highest BCUT2D eigenvalue weighted by molar-refractivity contribution is 9.10. The van der Waals surface area contributed by atoms with Crippen LogP contribution in [0.25, 0.3) is 0 Å². The van der Waals surface area contributed by atoms with Crippen molar-refractivity contribution in [1.29, 1.82) is 0 Å². The van der Waals surface area contributed by atoms with E-state index in [0.29, 0.717) is 0 Å². The van der Waals surface area contributed by atoms with Crippen molar-refractivity contribution in [2.75, 3.05) is 39.3 Å². The number of hydrogen-bond donors (Lipinski definition) is 3. The van der Waals surface area contributed by atoms with Gasteiger partial charge in [0.05, 0.1) is 0 Å². The van der Waals surface area contributed by atoms with Gasteiger partial charge in [-0.1, -0.05) is 15.9 Å². The Balaban J connectivity index is 0.000000379. The first kappa shape index (κ1) is 19.4. The van der Waals surface area contributed by atoms with Crippen LogP contribution in [0.1, 0.15) is 5.56 Å². The average Bonchev–Trinajstić information content (AvgIpc) is 2.51. The van der Waals surface area contributed by atoms with Crippen molar-refractivity contribution in [2.45, 2.75) is 6.92 Å². The third-order valence-corrected chi connectivity index (χ3v) is 3.69. The second-order valence-electron chi connectivity index (χ2n) is 4.96. The van der Waals surface area contributed by atoms with Gasteiger partial charge in [0.1, 0.15) is 12.4 Å². The molecular formula is C15H21BrN2O5. The van der Waals surface area contributed by atoms with Crippen LogP contribution >= 0.6 is 15.9 Å². The maximum atomic E-state index is 9.10. The molecule has 1 aliphatic heterocycles. The van der Waals surface area contributed by atoms with Gasteiger partial charge in [-0.25, -0.2) is 9.59 Å². The molecule has 0 radical (unpaired) electrons. The predicted octanol–water partition coefficient (Wildman–Crippen LogP) is 1.20. The Labute approximate surface area is 143 Å². The molecule has 1 heterocycles. The highest BCUT2D eigenvalue weighted by Crippen LogP contribution is 2.21. The van der Waals surface area contributed by atoms with Crippen molar-refractivity contribution >= 4 is 27.9 Å². The minimum Gasteiger partial charge on any atom is -0.492 e. The highest BCUT2D eigenvalue weighted by Gasteiger charge is 2.09. The Morgan fingerprint density at radius 2 is 1.87 bits per heavy atom.